The second-order valence-corrected chi connectivity index (χ2v) is 9.81. The molecule has 36 heavy (non-hydrogen) atoms. The number of hydrogen-bond acceptors (Lipinski definition) is 6. The Kier molecular flexibility index (Phi) is 6.07. The molecule has 1 fully saturated rings. The van der Waals surface area contributed by atoms with E-state index >= 15 is 0 Å². The standard InChI is InChI=1S/C27H27ClN6O2/c1-16-31-21-8-7-20(11-23(21)32-16)36-25-10-9-22-27(26(25)28)33-24(13-29-22)18-12-30-34(15-18)14-17-3-5-19(35-2)6-4-17/h7-13,15,17,19H,3-6,14H2,1-2H3,(H,31,32)/t17-,19-. The van der Waals surface area contributed by atoms with E-state index in [9.17, 15) is 0 Å². The smallest absolute Gasteiger partial charge is 0.148 e. The molecule has 6 rings (SSSR count). The highest BCUT2D eigenvalue weighted by atomic mass is 35.5. The Hall–Kier alpha value is -3.49. The van der Waals surface area contributed by atoms with Crippen LogP contribution in [0.25, 0.3) is 33.3 Å². The number of aromatic nitrogens is 6. The number of aryl methyl sites for hydroxylation is 1. The number of nitrogens with one attached hydrogen (secondary N) is 1. The van der Waals surface area contributed by atoms with Crippen molar-refractivity contribution in [1.29, 1.82) is 0 Å². The molecule has 1 aliphatic carbocycles. The van der Waals surface area contributed by atoms with Gasteiger partial charge < -0.3 is 14.5 Å². The lowest BCUT2D eigenvalue weighted by Gasteiger charge is -2.27. The average Bonchev–Trinajstić information content (AvgIpc) is 3.51. The van der Waals surface area contributed by atoms with Crippen LogP contribution >= 0.6 is 11.6 Å². The number of fused-ring (bicyclic) bond motifs is 2. The molecule has 0 amide bonds. The van der Waals surface area contributed by atoms with Crippen molar-refractivity contribution in [3.63, 3.8) is 0 Å². The van der Waals surface area contributed by atoms with E-state index in [0.717, 1.165) is 60.3 Å². The van der Waals surface area contributed by atoms with Crippen molar-refractivity contribution in [1.82, 2.24) is 29.7 Å². The maximum Gasteiger partial charge on any atom is 0.148 e. The van der Waals surface area contributed by atoms with Gasteiger partial charge in [-0.05, 0) is 62.8 Å². The Morgan fingerprint density at radius 2 is 1.89 bits per heavy atom. The fraction of sp³-hybridized carbons (Fsp3) is 0.333. The normalized spacial score (nSPS) is 18.2. The number of benzene rings is 2. The first-order valence-corrected chi connectivity index (χ1v) is 12.6. The van der Waals surface area contributed by atoms with E-state index in [1.807, 2.05) is 54.3 Å². The highest BCUT2D eigenvalue weighted by Crippen LogP contribution is 2.36. The second kappa shape index (κ2) is 9.52. The Labute approximate surface area is 213 Å². The van der Waals surface area contributed by atoms with E-state index in [-0.39, 0.29) is 0 Å². The molecule has 0 radical (unpaired) electrons. The van der Waals surface area contributed by atoms with E-state index in [0.29, 0.717) is 39.6 Å². The third-order valence-corrected chi connectivity index (χ3v) is 7.28. The van der Waals surface area contributed by atoms with Gasteiger partial charge in [0.05, 0.1) is 40.7 Å². The number of H-pyrrole nitrogens is 1. The Morgan fingerprint density at radius 1 is 1.06 bits per heavy atom. The molecule has 2 aromatic carbocycles. The molecule has 3 aromatic heterocycles. The predicted octanol–water partition coefficient (Wildman–Crippen LogP) is 6.33. The van der Waals surface area contributed by atoms with Gasteiger partial charge in [0, 0.05) is 31.5 Å². The summed E-state index contributed by atoms with van der Waals surface area (Å²) in [5.41, 5.74) is 4.74. The molecular formula is C27H27ClN6O2. The quantitative estimate of drug-likeness (QED) is 0.292. The lowest BCUT2D eigenvalue weighted by atomic mass is 9.87. The van der Waals surface area contributed by atoms with Gasteiger partial charge in [-0.2, -0.15) is 5.10 Å². The number of nitrogens with zero attached hydrogens (tertiary/aromatic N) is 5. The summed E-state index contributed by atoms with van der Waals surface area (Å²) in [4.78, 5) is 17.1. The van der Waals surface area contributed by atoms with Crippen molar-refractivity contribution in [3.05, 3.63) is 59.8 Å². The third kappa shape index (κ3) is 4.54. The number of methoxy groups -OCH3 is 1. The summed E-state index contributed by atoms with van der Waals surface area (Å²) in [6.07, 6.45) is 10.6. The highest BCUT2D eigenvalue weighted by molar-refractivity contribution is 6.36. The van der Waals surface area contributed by atoms with Crippen LogP contribution in [0.1, 0.15) is 31.5 Å². The number of aromatic amines is 1. The molecule has 0 aliphatic heterocycles. The Morgan fingerprint density at radius 3 is 2.72 bits per heavy atom. The highest BCUT2D eigenvalue weighted by Gasteiger charge is 2.21. The van der Waals surface area contributed by atoms with Crippen LogP contribution in [0.2, 0.25) is 5.02 Å². The predicted molar refractivity (Wildman–Crippen MR) is 139 cm³/mol. The first-order valence-electron chi connectivity index (χ1n) is 12.2. The zero-order valence-electron chi connectivity index (χ0n) is 20.2. The first kappa shape index (κ1) is 22.9. The van der Waals surface area contributed by atoms with Crippen LogP contribution in [-0.4, -0.2) is 42.9 Å². The van der Waals surface area contributed by atoms with Crippen LogP contribution in [0.15, 0.2) is 48.9 Å². The molecule has 184 valence electrons. The molecule has 0 atom stereocenters. The third-order valence-electron chi connectivity index (χ3n) is 6.92. The van der Waals surface area contributed by atoms with Crippen molar-refractivity contribution >= 4 is 33.7 Å². The molecule has 0 saturated heterocycles. The second-order valence-electron chi connectivity index (χ2n) is 9.43. The molecule has 3 heterocycles. The van der Waals surface area contributed by atoms with E-state index < -0.39 is 0 Å². The summed E-state index contributed by atoms with van der Waals surface area (Å²) in [6, 6.07) is 9.39. The summed E-state index contributed by atoms with van der Waals surface area (Å²) in [6.45, 7) is 2.82. The summed E-state index contributed by atoms with van der Waals surface area (Å²) >= 11 is 6.75. The van der Waals surface area contributed by atoms with Crippen LogP contribution < -0.4 is 4.74 Å². The number of imidazole rings is 1. The van der Waals surface area contributed by atoms with Gasteiger partial charge in [0.2, 0.25) is 0 Å². The van der Waals surface area contributed by atoms with Crippen molar-refractivity contribution in [2.45, 2.75) is 45.3 Å². The molecule has 0 bridgehead atoms. The van der Waals surface area contributed by atoms with E-state index in [4.69, 9.17) is 26.1 Å². The molecule has 0 unspecified atom stereocenters. The van der Waals surface area contributed by atoms with Crippen molar-refractivity contribution in [3.8, 4) is 22.8 Å². The van der Waals surface area contributed by atoms with Crippen LogP contribution in [0.4, 0.5) is 0 Å². The summed E-state index contributed by atoms with van der Waals surface area (Å²) in [5.74, 6) is 2.66. The number of hydrogen-bond donors (Lipinski definition) is 1. The lowest BCUT2D eigenvalue weighted by molar-refractivity contribution is 0.0536. The molecule has 1 saturated carbocycles. The molecule has 1 N–H and O–H groups in total. The van der Waals surface area contributed by atoms with Crippen molar-refractivity contribution in [2.24, 2.45) is 5.92 Å². The SMILES string of the molecule is CO[C@H]1CC[C@H](Cn2cc(-c3cnc4ccc(Oc5ccc6nc(C)[nH]c6c5)c(Cl)c4n3)cn2)CC1. The first-order chi connectivity index (χ1) is 17.6. The lowest BCUT2D eigenvalue weighted by Crippen LogP contribution is -2.23. The zero-order chi connectivity index (χ0) is 24.6. The maximum absolute atomic E-state index is 6.75. The van der Waals surface area contributed by atoms with Gasteiger partial charge in [0.15, 0.2) is 0 Å². The minimum atomic E-state index is 0.401. The van der Waals surface area contributed by atoms with Gasteiger partial charge in [0.1, 0.15) is 27.9 Å². The summed E-state index contributed by atoms with van der Waals surface area (Å²) in [7, 11) is 1.80. The Balaban J connectivity index is 1.23. The molecule has 8 nitrogen and oxygen atoms in total. The largest absolute Gasteiger partial charge is 0.456 e. The minimum absolute atomic E-state index is 0.401. The number of ether oxygens (including phenoxy) is 2. The number of rotatable bonds is 6. The van der Waals surface area contributed by atoms with Gasteiger partial charge in [-0.25, -0.2) is 9.97 Å². The summed E-state index contributed by atoms with van der Waals surface area (Å²) in [5, 5.41) is 5.00. The van der Waals surface area contributed by atoms with Crippen molar-refractivity contribution < 1.29 is 9.47 Å². The molecule has 1 aliphatic rings. The van der Waals surface area contributed by atoms with Gasteiger partial charge in [0.25, 0.3) is 0 Å². The van der Waals surface area contributed by atoms with Crippen molar-refractivity contribution in [2.75, 3.05) is 7.11 Å². The molecule has 0 spiro atoms. The van der Waals surface area contributed by atoms with Gasteiger partial charge in [-0.3, -0.25) is 9.67 Å². The molecule has 9 heteroatoms. The topological polar surface area (TPSA) is 90.7 Å². The zero-order valence-corrected chi connectivity index (χ0v) is 21.0. The fourth-order valence-electron chi connectivity index (χ4n) is 4.96. The monoisotopic (exact) mass is 502 g/mol. The summed E-state index contributed by atoms with van der Waals surface area (Å²) < 4.78 is 13.6. The van der Waals surface area contributed by atoms with E-state index in [2.05, 4.69) is 20.1 Å². The average molecular weight is 503 g/mol. The van der Waals surface area contributed by atoms with Crippen LogP contribution in [0.5, 0.6) is 11.5 Å². The van der Waals surface area contributed by atoms with Gasteiger partial charge in [-0.1, -0.05) is 11.6 Å². The minimum Gasteiger partial charge on any atom is -0.456 e. The molecular weight excluding hydrogens is 476 g/mol. The van der Waals surface area contributed by atoms with Gasteiger partial charge in [-0.15, -0.1) is 0 Å². The number of halogens is 1. The fourth-order valence-corrected chi connectivity index (χ4v) is 5.20. The van der Waals surface area contributed by atoms with Crippen LogP contribution in [-0.2, 0) is 11.3 Å². The van der Waals surface area contributed by atoms with Crippen LogP contribution in [0, 0.1) is 12.8 Å². The molecule has 5 aromatic rings. The van der Waals surface area contributed by atoms with E-state index in [1.54, 1.807) is 13.3 Å². The van der Waals surface area contributed by atoms with Gasteiger partial charge >= 0.3 is 0 Å². The maximum atomic E-state index is 6.75. The van der Waals surface area contributed by atoms with Crippen LogP contribution in [0.3, 0.4) is 0 Å². The van der Waals surface area contributed by atoms with E-state index in [1.165, 1.54) is 0 Å². The Bertz CT molecular complexity index is 1540.